The number of H-pyrrole nitrogens is 1. The van der Waals surface area contributed by atoms with Crippen molar-refractivity contribution in [3.05, 3.63) is 35.7 Å². The monoisotopic (exact) mass is 344 g/mol. The van der Waals surface area contributed by atoms with Gasteiger partial charge in [0.25, 0.3) is 0 Å². The highest BCUT2D eigenvalue weighted by molar-refractivity contribution is 7.99. The summed E-state index contributed by atoms with van der Waals surface area (Å²) < 4.78 is 37.3. The van der Waals surface area contributed by atoms with Crippen molar-refractivity contribution in [1.82, 2.24) is 15.2 Å². The highest BCUT2D eigenvalue weighted by atomic mass is 32.2. The second-order valence-corrected chi connectivity index (χ2v) is 6.01. The minimum Gasteiger partial charge on any atom is -0.325 e. The molecule has 1 heterocycles. The molecule has 0 radical (unpaired) electrons. The van der Waals surface area contributed by atoms with Crippen LogP contribution in [0.5, 0.6) is 0 Å². The van der Waals surface area contributed by atoms with Crippen molar-refractivity contribution in [2.24, 2.45) is 0 Å². The molecule has 1 aromatic heterocycles. The van der Waals surface area contributed by atoms with Gasteiger partial charge in [-0.2, -0.15) is 13.2 Å². The lowest BCUT2D eigenvalue weighted by atomic mass is 10.2. The van der Waals surface area contributed by atoms with Gasteiger partial charge < -0.3 is 5.32 Å². The number of carbonyl (C=O) groups is 1. The molecule has 2 rings (SSSR count). The number of halogens is 3. The molecule has 124 valence electrons. The zero-order valence-electron chi connectivity index (χ0n) is 12.4. The van der Waals surface area contributed by atoms with Crippen molar-refractivity contribution in [2.45, 2.75) is 31.1 Å². The molecule has 0 fully saturated rings. The van der Waals surface area contributed by atoms with Crippen molar-refractivity contribution in [1.29, 1.82) is 0 Å². The minimum absolute atomic E-state index is 0.0659. The molecule has 0 saturated heterocycles. The molecule has 0 aliphatic rings. The Hall–Kier alpha value is -2.03. The first kappa shape index (κ1) is 17.3. The number of aromatic amines is 1. The van der Waals surface area contributed by atoms with Crippen LogP contribution < -0.4 is 5.32 Å². The topological polar surface area (TPSA) is 70.7 Å². The first-order valence-electron chi connectivity index (χ1n) is 6.78. The summed E-state index contributed by atoms with van der Waals surface area (Å²) in [5.74, 6) is 0.662. The van der Waals surface area contributed by atoms with E-state index < -0.39 is 11.7 Å². The van der Waals surface area contributed by atoms with E-state index in [9.17, 15) is 18.0 Å². The van der Waals surface area contributed by atoms with Crippen molar-refractivity contribution in [2.75, 3.05) is 11.1 Å². The van der Waals surface area contributed by atoms with Gasteiger partial charge in [-0.1, -0.05) is 25.6 Å². The SMILES string of the molecule is CC(C)c1nc(SCC(=O)Nc2ccc(C(F)(F)F)cc2)n[nH]1. The quantitative estimate of drug-likeness (QED) is 0.812. The fourth-order valence-corrected chi connectivity index (χ4v) is 2.26. The van der Waals surface area contributed by atoms with E-state index in [0.29, 0.717) is 10.8 Å². The number of benzene rings is 1. The van der Waals surface area contributed by atoms with Gasteiger partial charge in [0, 0.05) is 11.6 Å². The number of thioether (sulfide) groups is 1. The van der Waals surface area contributed by atoms with Gasteiger partial charge in [0.05, 0.1) is 11.3 Å². The van der Waals surface area contributed by atoms with Gasteiger partial charge in [0.2, 0.25) is 11.1 Å². The summed E-state index contributed by atoms with van der Waals surface area (Å²) in [6.07, 6.45) is -4.39. The van der Waals surface area contributed by atoms with Crippen LogP contribution in [0.1, 0.15) is 31.2 Å². The lowest BCUT2D eigenvalue weighted by molar-refractivity contribution is -0.137. The predicted octanol–water partition coefficient (Wildman–Crippen LogP) is 3.68. The molecular weight excluding hydrogens is 329 g/mol. The Kier molecular flexibility index (Phi) is 5.30. The van der Waals surface area contributed by atoms with Gasteiger partial charge in [0.15, 0.2) is 0 Å². The van der Waals surface area contributed by atoms with Crippen LogP contribution >= 0.6 is 11.8 Å². The number of nitrogens with one attached hydrogen (secondary N) is 2. The number of amides is 1. The third-order valence-corrected chi connectivity index (χ3v) is 3.70. The van der Waals surface area contributed by atoms with Gasteiger partial charge in [0.1, 0.15) is 5.82 Å². The van der Waals surface area contributed by atoms with E-state index in [4.69, 9.17) is 0 Å². The van der Waals surface area contributed by atoms with Crippen LogP contribution in [0, 0.1) is 0 Å². The maximum Gasteiger partial charge on any atom is 0.416 e. The molecule has 9 heteroatoms. The summed E-state index contributed by atoms with van der Waals surface area (Å²) in [6, 6.07) is 4.28. The second kappa shape index (κ2) is 7.03. The highest BCUT2D eigenvalue weighted by Crippen LogP contribution is 2.29. The Balaban J connectivity index is 1.87. The van der Waals surface area contributed by atoms with Gasteiger partial charge in [-0.3, -0.25) is 9.89 Å². The number of hydrogen-bond donors (Lipinski definition) is 2. The van der Waals surface area contributed by atoms with E-state index in [0.717, 1.165) is 29.7 Å². The molecule has 1 amide bonds. The van der Waals surface area contributed by atoms with Crippen LogP contribution in [-0.4, -0.2) is 26.8 Å². The number of alkyl halides is 3. The van der Waals surface area contributed by atoms with Crippen molar-refractivity contribution in [3.63, 3.8) is 0 Å². The summed E-state index contributed by atoms with van der Waals surface area (Å²) in [7, 11) is 0. The molecule has 0 atom stereocenters. The zero-order valence-corrected chi connectivity index (χ0v) is 13.3. The van der Waals surface area contributed by atoms with E-state index in [2.05, 4.69) is 20.5 Å². The molecule has 0 aliphatic heterocycles. The molecule has 0 saturated carbocycles. The number of nitrogens with zero attached hydrogens (tertiary/aromatic N) is 2. The Morgan fingerprint density at radius 2 is 1.96 bits per heavy atom. The predicted molar refractivity (Wildman–Crippen MR) is 81.3 cm³/mol. The number of carbonyl (C=O) groups excluding carboxylic acids is 1. The molecule has 1 aromatic carbocycles. The first-order chi connectivity index (χ1) is 10.8. The molecule has 0 bridgehead atoms. The van der Waals surface area contributed by atoms with Crippen molar-refractivity contribution in [3.8, 4) is 0 Å². The molecule has 0 unspecified atom stereocenters. The fourth-order valence-electron chi connectivity index (χ4n) is 1.65. The van der Waals surface area contributed by atoms with Crippen LogP contribution in [0.4, 0.5) is 18.9 Å². The summed E-state index contributed by atoms with van der Waals surface area (Å²) in [5, 5.41) is 9.74. The van der Waals surface area contributed by atoms with Gasteiger partial charge in [-0.05, 0) is 24.3 Å². The van der Waals surface area contributed by atoms with E-state index in [1.807, 2.05) is 13.8 Å². The van der Waals surface area contributed by atoms with Crippen molar-refractivity contribution >= 4 is 23.4 Å². The van der Waals surface area contributed by atoms with Crippen molar-refractivity contribution < 1.29 is 18.0 Å². The summed E-state index contributed by atoms with van der Waals surface area (Å²) in [4.78, 5) is 16.0. The fraction of sp³-hybridized carbons (Fsp3) is 0.357. The minimum atomic E-state index is -4.39. The van der Waals surface area contributed by atoms with Crippen LogP contribution in [-0.2, 0) is 11.0 Å². The normalized spacial score (nSPS) is 11.7. The van der Waals surface area contributed by atoms with Crippen LogP contribution in [0.25, 0.3) is 0 Å². The number of hydrogen-bond acceptors (Lipinski definition) is 4. The molecule has 0 spiro atoms. The van der Waals surface area contributed by atoms with E-state index >= 15 is 0 Å². The number of rotatable bonds is 5. The lowest BCUT2D eigenvalue weighted by Gasteiger charge is -2.08. The van der Waals surface area contributed by atoms with E-state index in [1.165, 1.54) is 12.1 Å². The molecule has 23 heavy (non-hydrogen) atoms. The highest BCUT2D eigenvalue weighted by Gasteiger charge is 2.29. The summed E-state index contributed by atoms with van der Waals surface area (Å²) in [6.45, 7) is 3.93. The maximum absolute atomic E-state index is 12.4. The number of anilines is 1. The second-order valence-electron chi connectivity index (χ2n) is 5.07. The standard InChI is InChI=1S/C14H15F3N4OS/c1-8(2)12-19-13(21-20-12)23-7-11(22)18-10-5-3-9(4-6-10)14(15,16)17/h3-6,8H,7H2,1-2H3,(H,18,22)(H,19,20,21). The summed E-state index contributed by atoms with van der Waals surface area (Å²) >= 11 is 1.15. The van der Waals surface area contributed by atoms with E-state index in [1.54, 1.807) is 0 Å². The Morgan fingerprint density at radius 3 is 2.48 bits per heavy atom. The third kappa shape index (κ3) is 4.98. The Bertz CT molecular complexity index is 667. The number of aromatic nitrogens is 3. The van der Waals surface area contributed by atoms with E-state index in [-0.39, 0.29) is 17.6 Å². The molecule has 0 aliphatic carbocycles. The molecule has 2 aromatic rings. The average molecular weight is 344 g/mol. The molecular formula is C14H15F3N4OS. The lowest BCUT2D eigenvalue weighted by Crippen LogP contribution is -2.14. The smallest absolute Gasteiger partial charge is 0.325 e. The zero-order chi connectivity index (χ0) is 17.0. The van der Waals surface area contributed by atoms with Crippen LogP contribution in [0.2, 0.25) is 0 Å². The maximum atomic E-state index is 12.4. The third-order valence-electron chi connectivity index (χ3n) is 2.86. The molecule has 2 N–H and O–H groups in total. The van der Waals surface area contributed by atoms with Gasteiger partial charge in [-0.25, -0.2) is 4.98 Å². The average Bonchev–Trinajstić information content (AvgIpc) is 2.94. The Morgan fingerprint density at radius 1 is 1.30 bits per heavy atom. The molecule has 5 nitrogen and oxygen atoms in total. The van der Waals surface area contributed by atoms with Gasteiger partial charge >= 0.3 is 6.18 Å². The van der Waals surface area contributed by atoms with Crippen LogP contribution in [0.3, 0.4) is 0 Å². The van der Waals surface area contributed by atoms with Crippen LogP contribution in [0.15, 0.2) is 29.4 Å². The summed E-state index contributed by atoms with van der Waals surface area (Å²) in [5.41, 5.74) is -0.451. The van der Waals surface area contributed by atoms with Gasteiger partial charge in [-0.15, -0.1) is 5.10 Å². The Labute approximate surface area is 135 Å². The first-order valence-corrected chi connectivity index (χ1v) is 7.76. The largest absolute Gasteiger partial charge is 0.416 e.